The molecule has 6 nitrogen and oxygen atoms in total. The lowest BCUT2D eigenvalue weighted by atomic mass is 9.86. The van der Waals surface area contributed by atoms with Crippen LogP contribution in [-0.4, -0.2) is 49.3 Å². The summed E-state index contributed by atoms with van der Waals surface area (Å²) >= 11 is 0. The Kier molecular flexibility index (Phi) is 3.33. The van der Waals surface area contributed by atoms with Crippen LogP contribution in [0.3, 0.4) is 0 Å². The molecule has 2 heterocycles. The normalized spacial score (nSPS) is 29.1. The minimum Gasteiger partial charge on any atom is -0.368 e. The summed E-state index contributed by atoms with van der Waals surface area (Å²) in [4.78, 5) is 25.6. The number of nitrogens with zero attached hydrogens (tertiary/aromatic N) is 1. The molecule has 0 aromatic carbocycles. The second kappa shape index (κ2) is 4.39. The van der Waals surface area contributed by atoms with Crippen molar-refractivity contribution in [1.29, 1.82) is 0 Å². The maximum atomic E-state index is 12.5. The van der Waals surface area contributed by atoms with Gasteiger partial charge >= 0.3 is 0 Å². The molecule has 20 heavy (non-hydrogen) atoms. The largest absolute Gasteiger partial charge is 0.368 e. The number of sulfone groups is 1. The van der Waals surface area contributed by atoms with Crippen LogP contribution in [0.2, 0.25) is 0 Å². The van der Waals surface area contributed by atoms with Crippen LogP contribution in [0.15, 0.2) is 11.3 Å². The standard InChI is InChI=1S/C13H19NO5S/c1-7-6-20(17,18)12-9(19-5)11(16)14(12)8(7)10(15)13(2,3)4/h9,12H,6H2,1-5H3/t9-,12-/m0/s1. The van der Waals surface area contributed by atoms with E-state index in [1.807, 2.05) is 0 Å². The lowest BCUT2D eigenvalue weighted by Crippen LogP contribution is -2.70. The Hall–Kier alpha value is -1.21. The number of carbonyl (C=O) groups excluding carboxylic acids is 2. The molecule has 1 amide bonds. The third-order valence-electron chi connectivity index (χ3n) is 3.58. The zero-order valence-electron chi connectivity index (χ0n) is 12.3. The minimum atomic E-state index is -3.51. The molecule has 2 aliphatic rings. The first-order chi connectivity index (χ1) is 9.02. The number of Topliss-reactive ketones (excluding diaryl/α,β-unsaturated/α-hetero) is 1. The molecule has 0 spiro atoms. The highest BCUT2D eigenvalue weighted by Gasteiger charge is 2.60. The highest BCUT2D eigenvalue weighted by Crippen LogP contribution is 2.40. The highest BCUT2D eigenvalue weighted by atomic mass is 32.2. The molecule has 1 fully saturated rings. The maximum Gasteiger partial charge on any atom is 0.260 e. The van der Waals surface area contributed by atoms with E-state index in [2.05, 4.69) is 0 Å². The second-order valence-corrected chi connectivity index (χ2v) is 8.37. The molecule has 0 radical (unpaired) electrons. The van der Waals surface area contributed by atoms with E-state index in [1.54, 1.807) is 27.7 Å². The molecule has 0 saturated carbocycles. The number of amides is 1. The third kappa shape index (κ3) is 2.00. The predicted molar refractivity (Wildman–Crippen MR) is 72.4 cm³/mol. The summed E-state index contributed by atoms with van der Waals surface area (Å²) in [5, 5.41) is -1.06. The summed E-state index contributed by atoms with van der Waals surface area (Å²) < 4.78 is 29.3. The van der Waals surface area contributed by atoms with E-state index in [0.29, 0.717) is 5.57 Å². The van der Waals surface area contributed by atoms with E-state index in [4.69, 9.17) is 4.74 Å². The summed E-state index contributed by atoms with van der Waals surface area (Å²) in [7, 11) is -2.21. The van der Waals surface area contributed by atoms with Gasteiger partial charge in [0.25, 0.3) is 5.91 Å². The van der Waals surface area contributed by atoms with Crippen LogP contribution in [0, 0.1) is 5.41 Å². The molecule has 2 aliphatic heterocycles. The molecule has 2 atom stereocenters. The number of β-lactam (4-membered cyclic amide) rings is 1. The average molecular weight is 301 g/mol. The molecule has 2 rings (SSSR count). The van der Waals surface area contributed by atoms with Crippen LogP contribution in [0.1, 0.15) is 27.7 Å². The number of ketones is 1. The van der Waals surface area contributed by atoms with Crippen LogP contribution in [0.4, 0.5) is 0 Å². The van der Waals surface area contributed by atoms with Gasteiger partial charge in [-0.3, -0.25) is 14.5 Å². The van der Waals surface area contributed by atoms with E-state index >= 15 is 0 Å². The van der Waals surface area contributed by atoms with E-state index in [1.165, 1.54) is 7.11 Å². The van der Waals surface area contributed by atoms with Crippen molar-refractivity contribution in [2.24, 2.45) is 5.41 Å². The Morgan fingerprint density at radius 3 is 2.35 bits per heavy atom. The average Bonchev–Trinajstić information content (AvgIpc) is 2.28. The zero-order chi connectivity index (χ0) is 15.5. The fourth-order valence-corrected chi connectivity index (χ4v) is 4.61. The summed E-state index contributed by atoms with van der Waals surface area (Å²) in [5.74, 6) is -0.899. The molecule has 7 heteroatoms. The number of hydrogen-bond donors (Lipinski definition) is 0. The number of carbonyl (C=O) groups is 2. The van der Waals surface area contributed by atoms with Gasteiger partial charge in [-0.2, -0.15) is 0 Å². The monoisotopic (exact) mass is 301 g/mol. The first-order valence-electron chi connectivity index (χ1n) is 6.34. The number of rotatable bonds is 2. The van der Waals surface area contributed by atoms with Crippen LogP contribution < -0.4 is 0 Å². The summed E-state index contributed by atoms with van der Waals surface area (Å²) in [6, 6.07) is 0. The summed E-state index contributed by atoms with van der Waals surface area (Å²) in [6.45, 7) is 6.81. The molecule has 0 aromatic rings. The van der Waals surface area contributed by atoms with Crippen molar-refractivity contribution in [2.45, 2.75) is 39.2 Å². The Morgan fingerprint density at radius 2 is 1.90 bits per heavy atom. The Bertz CT molecular complexity index is 611. The predicted octanol–water partition coefficient (Wildman–Crippen LogP) is 0.487. The van der Waals surface area contributed by atoms with Crippen LogP contribution in [-0.2, 0) is 24.2 Å². The quantitative estimate of drug-likeness (QED) is 0.693. The van der Waals surface area contributed by atoms with Gasteiger partial charge in [0.15, 0.2) is 27.1 Å². The molecule has 1 saturated heterocycles. The van der Waals surface area contributed by atoms with Crippen molar-refractivity contribution < 1.29 is 22.7 Å². The van der Waals surface area contributed by atoms with Gasteiger partial charge < -0.3 is 4.74 Å². The maximum absolute atomic E-state index is 12.5. The molecular weight excluding hydrogens is 282 g/mol. The van der Waals surface area contributed by atoms with Crippen LogP contribution >= 0.6 is 0 Å². The molecular formula is C13H19NO5S. The van der Waals surface area contributed by atoms with Crippen molar-refractivity contribution in [3.8, 4) is 0 Å². The van der Waals surface area contributed by atoms with Crippen LogP contribution in [0.25, 0.3) is 0 Å². The van der Waals surface area contributed by atoms with Crippen LogP contribution in [0.5, 0.6) is 0 Å². The first-order valence-corrected chi connectivity index (χ1v) is 8.06. The topological polar surface area (TPSA) is 80.8 Å². The van der Waals surface area contributed by atoms with Gasteiger partial charge in [-0.15, -0.1) is 0 Å². The first kappa shape index (κ1) is 15.2. The number of hydrogen-bond acceptors (Lipinski definition) is 5. The number of allylic oxidation sites excluding steroid dienone is 1. The zero-order valence-corrected chi connectivity index (χ0v) is 13.1. The Morgan fingerprint density at radius 1 is 1.35 bits per heavy atom. The second-order valence-electron chi connectivity index (χ2n) is 6.27. The van der Waals surface area contributed by atoms with Crippen molar-refractivity contribution in [2.75, 3.05) is 12.9 Å². The van der Waals surface area contributed by atoms with Gasteiger partial charge in [-0.25, -0.2) is 8.42 Å². The fourth-order valence-electron chi connectivity index (χ4n) is 2.56. The van der Waals surface area contributed by atoms with Crippen molar-refractivity contribution in [1.82, 2.24) is 4.90 Å². The summed E-state index contributed by atoms with van der Waals surface area (Å²) in [5.41, 5.74) is -0.0413. The molecule has 0 aromatic heterocycles. The smallest absolute Gasteiger partial charge is 0.260 e. The fraction of sp³-hybridized carbons (Fsp3) is 0.692. The number of ether oxygens (including phenoxy) is 1. The molecule has 0 aliphatic carbocycles. The van der Waals surface area contributed by atoms with Gasteiger partial charge in [0, 0.05) is 12.5 Å². The molecule has 0 N–H and O–H groups in total. The van der Waals surface area contributed by atoms with Gasteiger partial charge in [-0.05, 0) is 12.5 Å². The number of methoxy groups -OCH3 is 1. The molecule has 0 unspecified atom stereocenters. The van der Waals surface area contributed by atoms with Gasteiger partial charge in [0.05, 0.1) is 11.4 Å². The lowest BCUT2D eigenvalue weighted by Gasteiger charge is -2.49. The third-order valence-corrected chi connectivity index (χ3v) is 5.60. The number of fused-ring (bicyclic) bond motifs is 1. The van der Waals surface area contributed by atoms with Crippen molar-refractivity contribution in [3.05, 3.63) is 11.3 Å². The SMILES string of the molecule is CO[C@H]1C(=O)N2C(C(=O)C(C)(C)C)=C(C)CS(=O)(=O)[C@@H]12. The van der Waals surface area contributed by atoms with E-state index < -0.39 is 32.6 Å². The molecule has 0 bridgehead atoms. The highest BCUT2D eigenvalue weighted by molar-refractivity contribution is 7.92. The Balaban J connectivity index is 2.54. The van der Waals surface area contributed by atoms with Gasteiger partial charge in [-0.1, -0.05) is 20.8 Å². The van der Waals surface area contributed by atoms with Crippen molar-refractivity contribution in [3.63, 3.8) is 0 Å². The lowest BCUT2D eigenvalue weighted by molar-refractivity contribution is -0.161. The van der Waals surface area contributed by atoms with Gasteiger partial charge in [0.2, 0.25) is 0 Å². The summed E-state index contributed by atoms with van der Waals surface area (Å²) in [6.07, 6.45) is -1.00. The Labute approximate surface area is 118 Å². The van der Waals surface area contributed by atoms with E-state index in [0.717, 1.165) is 4.90 Å². The van der Waals surface area contributed by atoms with Gasteiger partial charge in [0.1, 0.15) is 0 Å². The molecule has 112 valence electrons. The van der Waals surface area contributed by atoms with E-state index in [-0.39, 0.29) is 17.2 Å². The van der Waals surface area contributed by atoms with Crippen molar-refractivity contribution >= 4 is 21.5 Å². The van der Waals surface area contributed by atoms with E-state index in [9.17, 15) is 18.0 Å². The minimum absolute atomic E-state index is 0.210.